The van der Waals surface area contributed by atoms with Crippen LogP contribution in [0.1, 0.15) is 20.3 Å². The van der Waals surface area contributed by atoms with Crippen molar-refractivity contribution >= 4 is 17.6 Å². The quantitative estimate of drug-likeness (QED) is 0.492. The molecule has 0 aromatic carbocycles. The SMILES string of the molecule is C=C(C(=O)O)C(Cl)CC(C)O.CCO. The molecule has 4 nitrogen and oxygen atoms in total. The van der Waals surface area contributed by atoms with Gasteiger partial charge in [-0.3, -0.25) is 0 Å². The maximum Gasteiger partial charge on any atom is 0.332 e. The molecule has 3 N–H and O–H groups in total. The number of hydrogen-bond acceptors (Lipinski definition) is 3. The lowest BCUT2D eigenvalue weighted by Crippen LogP contribution is -2.16. The van der Waals surface area contributed by atoms with Gasteiger partial charge in [0.1, 0.15) is 0 Å². The molecule has 0 fully saturated rings. The van der Waals surface area contributed by atoms with Crippen LogP contribution in [0.2, 0.25) is 0 Å². The number of halogens is 1. The molecule has 0 saturated carbocycles. The van der Waals surface area contributed by atoms with Crippen molar-refractivity contribution in [3.8, 4) is 0 Å². The van der Waals surface area contributed by atoms with Gasteiger partial charge in [0.05, 0.1) is 11.5 Å². The summed E-state index contributed by atoms with van der Waals surface area (Å²) in [4.78, 5) is 10.3. The number of rotatable bonds is 4. The van der Waals surface area contributed by atoms with E-state index in [0.29, 0.717) is 0 Å². The summed E-state index contributed by atoms with van der Waals surface area (Å²) in [7, 11) is 0. The van der Waals surface area contributed by atoms with Gasteiger partial charge in [-0.15, -0.1) is 11.6 Å². The molecule has 0 aromatic heterocycles. The number of hydrogen-bond donors (Lipinski definition) is 3. The fourth-order valence-corrected chi connectivity index (χ4v) is 0.927. The Bertz CT molecular complexity index is 180. The molecule has 0 heterocycles. The highest BCUT2D eigenvalue weighted by atomic mass is 35.5. The lowest BCUT2D eigenvalue weighted by Gasteiger charge is -2.10. The van der Waals surface area contributed by atoms with Crippen molar-refractivity contribution in [1.29, 1.82) is 0 Å². The first-order chi connectivity index (χ1) is 6.36. The van der Waals surface area contributed by atoms with Crippen LogP contribution in [0.4, 0.5) is 0 Å². The van der Waals surface area contributed by atoms with Crippen LogP contribution in [0.25, 0.3) is 0 Å². The fraction of sp³-hybridized carbons (Fsp3) is 0.667. The van der Waals surface area contributed by atoms with E-state index in [1.54, 1.807) is 13.8 Å². The second-order valence-electron chi connectivity index (χ2n) is 2.70. The zero-order valence-electron chi connectivity index (χ0n) is 8.40. The van der Waals surface area contributed by atoms with Crippen LogP contribution in [0.15, 0.2) is 12.2 Å². The van der Waals surface area contributed by atoms with Crippen LogP contribution >= 0.6 is 11.6 Å². The third-order valence-electron chi connectivity index (χ3n) is 1.20. The molecule has 0 aliphatic heterocycles. The standard InChI is InChI=1S/C7H11ClO3.C2H6O/c1-4(9)3-6(8)5(2)7(10)11;1-2-3/h4,6,9H,2-3H2,1H3,(H,10,11);3H,2H2,1H3. The number of aliphatic hydroxyl groups excluding tert-OH is 2. The van der Waals surface area contributed by atoms with Crippen molar-refractivity contribution in [3.63, 3.8) is 0 Å². The Morgan fingerprint density at radius 1 is 1.57 bits per heavy atom. The summed E-state index contributed by atoms with van der Waals surface area (Å²) in [5.41, 5.74) is -0.0763. The van der Waals surface area contributed by atoms with Crippen LogP contribution in [0, 0.1) is 0 Å². The van der Waals surface area contributed by atoms with Gasteiger partial charge >= 0.3 is 5.97 Å². The van der Waals surface area contributed by atoms with E-state index in [4.69, 9.17) is 26.9 Å². The van der Waals surface area contributed by atoms with E-state index in [9.17, 15) is 4.79 Å². The minimum Gasteiger partial charge on any atom is -0.478 e. The number of aliphatic hydroxyl groups is 2. The van der Waals surface area contributed by atoms with Gasteiger partial charge in [-0.1, -0.05) is 6.58 Å². The summed E-state index contributed by atoms with van der Waals surface area (Å²) >= 11 is 5.58. The second-order valence-corrected chi connectivity index (χ2v) is 3.23. The van der Waals surface area contributed by atoms with Gasteiger partial charge in [-0.2, -0.15) is 0 Å². The summed E-state index contributed by atoms with van der Waals surface area (Å²) in [5.74, 6) is -1.12. The fourth-order valence-electron chi connectivity index (χ4n) is 0.576. The molecule has 0 amide bonds. The molecule has 0 radical (unpaired) electrons. The molecule has 0 aromatic rings. The molecule has 84 valence electrons. The molecule has 0 spiro atoms. The van der Waals surface area contributed by atoms with E-state index >= 15 is 0 Å². The molecule has 0 rings (SSSR count). The first kappa shape index (κ1) is 15.9. The average Bonchev–Trinajstić information content (AvgIpc) is 2.02. The monoisotopic (exact) mass is 224 g/mol. The Balaban J connectivity index is 0. The summed E-state index contributed by atoms with van der Waals surface area (Å²) in [6, 6.07) is 0. The van der Waals surface area contributed by atoms with E-state index in [1.165, 1.54) is 0 Å². The second kappa shape index (κ2) is 8.99. The van der Waals surface area contributed by atoms with E-state index < -0.39 is 17.5 Å². The number of alkyl halides is 1. The van der Waals surface area contributed by atoms with Crippen molar-refractivity contribution in [2.75, 3.05) is 6.61 Å². The molecule has 2 unspecified atom stereocenters. The first-order valence-electron chi connectivity index (χ1n) is 4.21. The largest absolute Gasteiger partial charge is 0.478 e. The highest BCUT2D eigenvalue weighted by Crippen LogP contribution is 2.14. The van der Waals surface area contributed by atoms with Crippen LogP contribution < -0.4 is 0 Å². The molecule has 2 atom stereocenters. The minimum absolute atomic E-state index is 0.0763. The third kappa shape index (κ3) is 9.51. The minimum atomic E-state index is -1.12. The molecule has 0 bridgehead atoms. The van der Waals surface area contributed by atoms with Gasteiger partial charge < -0.3 is 15.3 Å². The molecular formula is C9H17ClO4. The van der Waals surface area contributed by atoms with Gasteiger partial charge in [-0.25, -0.2) is 4.79 Å². The molecular weight excluding hydrogens is 208 g/mol. The summed E-state index contributed by atoms with van der Waals surface area (Å²) in [6.45, 7) is 6.74. The predicted molar refractivity (Wildman–Crippen MR) is 55.5 cm³/mol. The third-order valence-corrected chi connectivity index (χ3v) is 1.64. The topological polar surface area (TPSA) is 77.8 Å². The van der Waals surface area contributed by atoms with Crippen molar-refractivity contribution in [3.05, 3.63) is 12.2 Å². The number of carboxylic acid groups (broad SMARTS) is 1. The van der Waals surface area contributed by atoms with Crippen LogP contribution in [0.3, 0.4) is 0 Å². The predicted octanol–water partition coefficient (Wildman–Crippen LogP) is 1.00. The lowest BCUT2D eigenvalue weighted by molar-refractivity contribution is -0.132. The first-order valence-corrected chi connectivity index (χ1v) is 4.65. The molecule has 5 heteroatoms. The smallest absolute Gasteiger partial charge is 0.332 e. The van der Waals surface area contributed by atoms with Crippen molar-refractivity contribution in [2.45, 2.75) is 31.7 Å². The van der Waals surface area contributed by atoms with Crippen LogP contribution in [-0.4, -0.2) is 39.4 Å². The van der Waals surface area contributed by atoms with E-state index in [2.05, 4.69) is 6.58 Å². The van der Waals surface area contributed by atoms with Crippen LogP contribution in [0.5, 0.6) is 0 Å². The van der Waals surface area contributed by atoms with E-state index in [0.717, 1.165) is 0 Å². The lowest BCUT2D eigenvalue weighted by atomic mass is 10.1. The molecule has 0 aliphatic rings. The zero-order chi connectivity index (χ0) is 11.7. The Morgan fingerprint density at radius 2 is 1.93 bits per heavy atom. The molecule has 0 saturated heterocycles. The highest BCUT2D eigenvalue weighted by molar-refractivity contribution is 6.25. The number of aliphatic carboxylic acids is 1. The Hall–Kier alpha value is -0.580. The highest BCUT2D eigenvalue weighted by Gasteiger charge is 2.16. The van der Waals surface area contributed by atoms with Crippen LogP contribution in [-0.2, 0) is 4.79 Å². The maximum absolute atomic E-state index is 10.3. The summed E-state index contributed by atoms with van der Waals surface area (Å²) in [6.07, 6.45) is -0.388. The maximum atomic E-state index is 10.3. The normalized spacial score (nSPS) is 13.5. The van der Waals surface area contributed by atoms with E-state index in [1.807, 2.05) is 0 Å². The van der Waals surface area contributed by atoms with E-state index in [-0.39, 0.29) is 18.6 Å². The number of carboxylic acids is 1. The molecule has 0 aliphatic carbocycles. The van der Waals surface area contributed by atoms with Gasteiger partial charge in [0, 0.05) is 12.2 Å². The Labute approximate surface area is 88.8 Å². The summed E-state index contributed by atoms with van der Waals surface area (Å²) < 4.78 is 0. The number of carbonyl (C=O) groups is 1. The van der Waals surface area contributed by atoms with Gasteiger partial charge in [-0.05, 0) is 20.3 Å². The molecule has 14 heavy (non-hydrogen) atoms. The van der Waals surface area contributed by atoms with Gasteiger partial charge in [0.2, 0.25) is 0 Å². The van der Waals surface area contributed by atoms with Crippen molar-refractivity contribution < 1.29 is 20.1 Å². The Kier molecular flexibility index (Phi) is 10.2. The summed E-state index contributed by atoms with van der Waals surface area (Å²) in [5, 5.41) is 24.1. The van der Waals surface area contributed by atoms with Crippen molar-refractivity contribution in [2.24, 2.45) is 0 Å². The van der Waals surface area contributed by atoms with Crippen molar-refractivity contribution in [1.82, 2.24) is 0 Å². The average molecular weight is 225 g/mol. The van der Waals surface area contributed by atoms with Gasteiger partial charge in [0.15, 0.2) is 0 Å². The Morgan fingerprint density at radius 3 is 2.14 bits per heavy atom. The van der Waals surface area contributed by atoms with Gasteiger partial charge in [0.25, 0.3) is 0 Å². The zero-order valence-corrected chi connectivity index (χ0v) is 9.16.